The number of para-hydroxylation sites is 1. The highest BCUT2D eigenvalue weighted by Gasteiger charge is 2.26. The van der Waals surface area contributed by atoms with Crippen molar-refractivity contribution in [2.24, 2.45) is 0 Å². The lowest BCUT2D eigenvalue weighted by atomic mass is 10.1. The molecule has 0 bridgehead atoms. The minimum absolute atomic E-state index is 0.172. The normalized spacial score (nSPS) is 19.7. The van der Waals surface area contributed by atoms with Gasteiger partial charge in [-0.3, -0.25) is 9.78 Å². The van der Waals surface area contributed by atoms with Crippen molar-refractivity contribution in [2.45, 2.75) is 18.2 Å². The third-order valence-electron chi connectivity index (χ3n) is 3.21. The van der Waals surface area contributed by atoms with Crippen LogP contribution in [0, 0.1) is 0 Å². The van der Waals surface area contributed by atoms with Crippen LogP contribution in [-0.2, 0) is 11.3 Å². The van der Waals surface area contributed by atoms with E-state index in [0.29, 0.717) is 13.0 Å². The Kier molecular flexibility index (Phi) is 2.96. The van der Waals surface area contributed by atoms with Crippen LogP contribution in [0.5, 0.6) is 0 Å². The summed E-state index contributed by atoms with van der Waals surface area (Å²) >= 11 is 4.36. The van der Waals surface area contributed by atoms with Gasteiger partial charge in [0.05, 0.1) is 5.52 Å². The summed E-state index contributed by atoms with van der Waals surface area (Å²) in [4.78, 5) is 18.0. The molecule has 1 atom stereocenters. The first-order valence-corrected chi connectivity index (χ1v) is 6.53. The van der Waals surface area contributed by atoms with Crippen LogP contribution < -0.4 is 0 Å². The predicted octanol–water partition coefficient (Wildman–Crippen LogP) is 2.27. The maximum absolute atomic E-state index is 11.7. The number of likely N-dealkylation sites (tertiary alicyclic amines) is 1. The molecule has 0 radical (unpaired) electrons. The zero-order valence-electron chi connectivity index (χ0n) is 9.91. The van der Waals surface area contributed by atoms with Crippen molar-refractivity contribution in [1.82, 2.24) is 9.88 Å². The molecule has 0 aliphatic carbocycles. The average Bonchev–Trinajstić information content (AvgIpc) is 2.68. The van der Waals surface area contributed by atoms with E-state index in [1.54, 1.807) is 0 Å². The summed E-state index contributed by atoms with van der Waals surface area (Å²) in [6.07, 6.45) is 2.39. The molecule has 1 saturated heterocycles. The van der Waals surface area contributed by atoms with E-state index in [4.69, 9.17) is 0 Å². The van der Waals surface area contributed by atoms with E-state index >= 15 is 0 Å². The Morgan fingerprint density at radius 3 is 3.00 bits per heavy atom. The quantitative estimate of drug-likeness (QED) is 0.838. The molecular formula is C14H14N2OS. The van der Waals surface area contributed by atoms with Crippen molar-refractivity contribution in [3.8, 4) is 0 Å². The SMILES string of the molecule is O=C1CC(S)CN1Cc1cnc2ccccc2c1. The summed E-state index contributed by atoms with van der Waals surface area (Å²) in [5, 5.41) is 1.29. The first kappa shape index (κ1) is 11.5. The summed E-state index contributed by atoms with van der Waals surface area (Å²) in [6.45, 7) is 1.36. The van der Waals surface area contributed by atoms with Crippen LogP contribution in [-0.4, -0.2) is 27.6 Å². The number of hydrogen-bond donors (Lipinski definition) is 1. The molecule has 1 fully saturated rings. The van der Waals surface area contributed by atoms with E-state index in [1.807, 2.05) is 35.4 Å². The molecule has 1 aliphatic heterocycles. The van der Waals surface area contributed by atoms with Crippen LogP contribution >= 0.6 is 12.6 Å². The third kappa shape index (κ3) is 2.20. The van der Waals surface area contributed by atoms with Crippen LogP contribution in [0.2, 0.25) is 0 Å². The number of rotatable bonds is 2. The number of carbonyl (C=O) groups excluding carboxylic acids is 1. The van der Waals surface area contributed by atoms with Crippen molar-refractivity contribution in [3.63, 3.8) is 0 Å². The van der Waals surface area contributed by atoms with Gasteiger partial charge in [0, 0.05) is 36.3 Å². The highest BCUT2D eigenvalue weighted by molar-refractivity contribution is 7.81. The van der Waals surface area contributed by atoms with Gasteiger partial charge < -0.3 is 4.90 Å². The standard InChI is InChI=1S/C14H14N2OS/c17-14-6-12(18)9-16(14)8-10-5-11-3-1-2-4-13(11)15-7-10/h1-5,7,12,18H,6,8-9H2. The molecule has 1 aromatic carbocycles. The van der Waals surface area contributed by atoms with E-state index in [0.717, 1.165) is 23.0 Å². The fourth-order valence-electron chi connectivity index (χ4n) is 2.33. The van der Waals surface area contributed by atoms with Gasteiger partial charge >= 0.3 is 0 Å². The average molecular weight is 258 g/mol. The number of thiol groups is 1. The molecule has 0 saturated carbocycles. The van der Waals surface area contributed by atoms with E-state index in [9.17, 15) is 4.79 Å². The molecule has 0 spiro atoms. The van der Waals surface area contributed by atoms with Gasteiger partial charge in [-0.05, 0) is 17.7 Å². The number of nitrogens with zero attached hydrogens (tertiary/aromatic N) is 2. The van der Waals surface area contributed by atoms with Crippen molar-refractivity contribution < 1.29 is 4.79 Å². The Morgan fingerprint density at radius 1 is 1.39 bits per heavy atom. The fourth-order valence-corrected chi connectivity index (χ4v) is 2.68. The topological polar surface area (TPSA) is 33.2 Å². The molecule has 18 heavy (non-hydrogen) atoms. The number of hydrogen-bond acceptors (Lipinski definition) is 3. The minimum Gasteiger partial charge on any atom is -0.337 e. The molecule has 2 heterocycles. The molecule has 3 nitrogen and oxygen atoms in total. The smallest absolute Gasteiger partial charge is 0.224 e. The fraction of sp³-hybridized carbons (Fsp3) is 0.286. The number of amides is 1. The summed E-state index contributed by atoms with van der Waals surface area (Å²) in [5.41, 5.74) is 2.06. The van der Waals surface area contributed by atoms with E-state index in [-0.39, 0.29) is 11.2 Å². The van der Waals surface area contributed by atoms with Gasteiger partial charge in [0.25, 0.3) is 0 Å². The number of fused-ring (bicyclic) bond motifs is 1. The van der Waals surface area contributed by atoms with Gasteiger partial charge in [0.1, 0.15) is 0 Å². The second-order valence-corrected chi connectivity index (χ2v) is 5.40. The van der Waals surface area contributed by atoms with E-state index in [2.05, 4.69) is 23.7 Å². The Hall–Kier alpha value is -1.55. The van der Waals surface area contributed by atoms with Crippen LogP contribution in [0.4, 0.5) is 0 Å². The maximum Gasteiger partial charge on any atom is 0.224 e. The summed E-state index contributed by atoms with van der Waals surface area (Å²) < 4.78 is 0. The van der Waals surface area contributed by atoms with Gasteiger partial charge in [-0.25, -0.2) is 0 Å². The monoisotopic (exact) mass is 258 g/mol. The molecule has 3 rings (SSSR count). The minimum atomic E-state index is 0.172. The van der Waals surface area contributed by atoms with E-state index < -0.39 is 0 Å². The zero-order chi connectivity index (χ0) is 12.5. The van der Waals surface area contributed by atoms with Crippen molar-refractivity contribution in [2.75, 3.05) is 6.54 Å². The first-order chi connectivity index (χ1) is 8.72. The van der Waals surface area contributed by atoms with Crippen molar-refractivity contribution in [1.29, 1.82) is 0 Å². The molecule has 2 aromatic rings. The molecule has 4 heteroatoms. The Morgan fingerprint density at radius 2 is 2.22 bits per heavy atom. The van der Waals surface area contributed by atoms with Crippen LogP contribution in [0.25, 0.3) is 10.9 Å². The molecule has 1 aliphatic rings. The molecule has 92 valence electrons. The lowest BCUT2D eigenvalue weighted by molar-refractivity contribution is -0.128. The van der Waals surface area contributed by atoms with Crippen molar-refractivity contribution >= 4 is 29.4 Å². The Balaban J connectivity index is 1.84. The van der Waals surface area contributed by atoms with Crippen LogP contribution in [0.15, 0.2) is 36.5 Å². The van der Waals surface area contributed by atoms with Gasteiger partial charge in [-0.1, -0.05) is 18.2 Å². The van der Waals surface area contributed by atoms with E-state index in [1.165, 1.54) is 0 Å². The first-order valence-electron chi connectivity index (χ1n) is 6.02. The van der Waals surface area contributed by atoms with Crippen molar-refractivity contribution in [3.05, 3.63) is 42.1 Å². The van der Waals surface area contributed by atoms with Gasteiger partial charge in [0.2, 0.25) is 5.91 Å². The second kappa shape index (κ2) is 4.61. The number of benzene rings is 1. The maximum atomic E-state index is 11.7. The summed E-state index contributed by atoms with van der Waals surface area (Å²) in [7, 11) is 0. The largest absolute Gasteiger partial charge is 0.337 e. The molecule has 1 aromatic heterocycles. The summed E-state index contributed by atoms with van der Waals surface area (Å²) in [5.74, 6) is 0.183. The Labute approximate surface area is 111 Å². The molecular weight excluding hydrogens is 244 g/mol. The zero-order valence-corrected chi connectivity index (χ0v) is 10.8. The molecule has 1 unspecified atom stereocenters. The highest BCUT2D eigenvalue weighted by Crippen LogP contribution is 2.20. The third-order valence-corrected chi connectivity index (χ3v) is 3.56. The molecule has 1 amide bonds. The lowest BCUT2D eigenvalue weighted by Crippen LogP contribution is -2.24. The number of carbonyl (C=O) groups is 1. The van der Waals surface area contributed by atoms with Gasteiger partial charge in [-0.15, -0.1) is 0 Å². The lowest BCUT2D eigenvalue weighted by Gasteiger charge is -2.15. The highest BCUT2D eigenvalue weighted by atomic mass is 32.1. The van der Waals surface area contributed by atoms with Crippen LogP contribution in [0.3, 0.4) is 0 Å². The van der Waals surface area contributed by atoms with Gasteiger partial charge in [-0.2, -0.15) is 12.6 Å². The number of pyridine rings is 1. The van der Waals surface area contributed by atoms with Gasteiger partial charge in [0.15, 0.2) is 0 Å². The predicted molar refractivity (Wildman–Crippen MR) is 74.6 cm³/mol. The van der Waals surface area contributed by atoms with Crippen LogP contribution in [0.1, 0.15) is 12.0 Å². The second-order valence-electron chi connectivity index (χ2n) is 4.67. The summed E-state index contributed by atoms with van der Waals surface area (Å²) in [6, 6.07) is 10.1. The number of aromatic nitrogens is 1. The molecule has 0 N–H and O–H groups in total. The Bertz CT molecular complexity index is 599.